The molecule has 23 heavy (non-hydrogen) atoms. The molecule has 6 nitrogen and oxygen atoms in total. The molecule has 0 unspecified atom stereocenters. The van der Waals surface area contributed by atoms with Crippen LogP contribution in [-0.2, 0) is 4.79 Å². The molecule has 0 spiro atoms. The molecule has 126 valence electrons. The van der Waals surface area contributed by atoms with E-state index in [1.54, 1.807) is 0 Å². The number of carboxylic acid groups (broad SMARTS) is 1. The lowest BCUT2D eigenvalue weighted by atomic mass is 9.93. The molecule has 1 atom stereocenters. The molecule has 1 aromatic heterocycles. The number of rotatable bonds is 5. The molecule has 1 saturated carbocycles. The number of carboxylic acids is 1. The van der Waals surface area contributed by atoms with Crippen molar-refractivity contribution in [1.29, 1.82) is 0 Å². The zero-order chi connectivity index (χ0) is 16.2. The number of aromatic nitrogens is 2. The summed E-state index contributed by atoms with van der Waals surface area (Å²) in [5, 5.41) is 13.3. The largest absolute Gasteiger partial charge is 0.481 e. The number of piperidine rings is 1. The van der Waals surface area contributed by atoms with Gasteiger partial charge in [-0.3, -0.25) is 14.3 Å². The predicted molar refractivity (Wildman–Crippen MR) is 85.2 cm³/mol. The Balaban J connectivity index is 1.59. The minimum Gasteiger partial charge on any atom is -0.481 e. The standard InChI is InChI=1S/C17H25N3O3/c21-16(22)8-7-13-4-3-10-19(12-13)17(23)15-9-11-20(18-15)14-5-1-2-6-14/h9,11,13-14H,1-8,10,12H2,(H,21,22)/t13-/m0/s1. The van der Waals surface area contributed by atoms with E-state index in [-0.39, 0.29) is 12.3 Å². The highest BCUT2D eigenvalue weighted by molar-refractivity contribution is 5.92. The zero-order valence-corrected chi connectivity index (χ0v) is 13.5. The fourth-order valence-corrected chi connectivity index (χ4v) is 3.80. The number of nitrogens with zero attached hydrogens (tertiary/aromatic N) is 3. The molecule has 2 aliphatic rings. The lowest BCUT2D eigenvalue weighted by molar-refractivity contribution is -0.137. The van der Waals surface area contributed by atoms with Crippen molar-refractivity contribution in [3.05, 3.63) is 18.0 Å². The molecule has 0 aromatic carbocycles. The summed E-state index contributed by atoms with van der Waals surface area (Å²) in [5.41, 5.74) is 0.524. The van der Waals surface area contributed by atoms with E-state index in [0.717, 1.165) is 32.2 Å². The Labute approximate surface area is 136 Å². The second-order valence-electron chi connectivity index (χ2n) is 6.81. The zero-order valence-electron chi connectivity index (χ0n) is 13.5. The Morgan fingerprint density at radius 1 is 1.22 bits per heavy atom. The maximum atomic E-state index is 12.6. The summed E-state index contributed by atoms with van der Waals surface area (Å²) in [4.78, 5) is 25.2. The number of aliphatic carboxylic acids is 1. The fourth-order valence-electron chi connectivity index (χ4n) is 3.80. The number of likely N-dealkylation sites (tertiary alicyclic amines) is 1. The normalized spacial score (nSPS) is 22.4. The Kier molecular flexibility index (Phi) is 4.98. The van der Waals surface area contributed by atoms with Gasteiger partial charge in [-0.05, 0) is 44.1 Å². The summed E-state index contributed by atoms with van der Waals surface area (Å²) in [6.45, 7) is 1.40. The second-order valence-corrected chi connectivity index (χ2v) is 6.81. The van der Waals surface area contributed by atoms with E-state index in [2.05, 4.69) is 5.10 Å². The predicted octanol–water partition coefficient (Wildman–Crippen LogP) is 2.72. The van der Waals surface area contributed by atoms with Crippen molar-refractivity contribution in [2.45, 2.75) is 57.4 Å². The Morgan fingerprint density at radius 3 is 2.74 bits per heavy atom. The lowest BCUT2D eigenvalue weighted by Crippen LogP contribution is -2.40. The minimum atomic E-state index is -0.760. The summed E-state index contributed by atoms with van der Waals surface area (Å²) < 4.78 is 1.95. The first-order chi connectivity index (χ1) is 11.1. The molecular formula is C17H25N3O3. The molecule has 0 bridgehead atoms. The quantitative estimate of drug-likeness (QED) is 0.905. The average Bonchev–Trinajstić information content (AvgIpc) is 3.23. The maximum Gasteiger partial charge on any atom is 0.303 e. The van der Waals surface area contributed by atoms with Crippen molar-refractivity contribution in [3.8, 4) is 0 Å². The van der Waals surface area contributed by atoms with Gasteiger partial charge in [0.1, 0.15) is 5.69 Å². The molecule has 2 fully saturated rings. The van der Waals surface area contributed by atoms with Crippen LogP contribution in [0.25, 0.3) is 0 Å². The fraction of sp³-hybridized carbons (Fsp3) is 0.706. The van der Waals surface area contributed by atoms with Crippen LogP contribution in [0.5, 0.6) is 0 Å². The van der Waals surface area contributed by atoms with Crippen LogP contribution in [-0.4, -0.2) is 44.8 Å². The molecule has 3 rings (SSSR count). The van der Waals surface area contributed by atoms with Crippen LogP contribution in [0.4, 0.5) is 0 Å². The number of hydrogen-bond donors (Lipinski definition) is 1. The van der Waals surface area contributed by atoms with Crippen LogP contribution in [0.1, 0.15) is 67.9 Å². The summed E-state index contributed by atoms with van der Waals surface area (Å²) in [6.07, 6.45) is 9.49. The third kappa shape index (κ3) is 3.92. The van der Waals surface area contributed by atoms with Crippen molar-refractivity contribution in [2.75, 3.05) is 13.1 Å². The van der Waals surface area contributed by atoms with Crippen molar-refractivity contribution in [1.82, 2.24) is 14.7 Å². The van der Waals surface area contributed by atoms with Crippen molar-refractivity contribution >= 4 is 11.9 Å². The van der Waals surface area contributed by atoms with Gasteiger partial charge in [0, 0.05) is 25.7 Å². The van der Waals surface area contributed by atoms with Crippen molar-refractivity contribution in [2.24, 2.45) is 5.92 Å². The van der Waals surface area contributed by atoms with E-state index in [4.69, 9.17) is 5.11 Å². The van der Waals surface area contributed by atoms with Crippen LogP contribution in [0, 0.1) is 5.92 Å². The monoisotopic (exact) mass is 319 g/mol. The van der Waals surface area contributed by atoms with E-state index < -0.39 is 5.97 Å². The van der Waals surface area contributed by atoms with E-state index >= 15 is 0 Å². The number of carbonyl (C=O) groups is 2. The first-order valence-electron chi connectivity index (χ1n) is 8.69. The third-order valence-electron chi connectivity index (χ3n) is 5.10. The lowest BCUT2D eigenvalue weighted by Gasteiger charge is -2.32. The van der Waals surface area contributed by atoms with Gasteiger partial charge in [0.05, 0.1) is 6.04 Å². The van der Waals surface area contributed by atoms with E-state index in [1.807, 2.05) is 21.8 Å². The van der Waals surface area contributed by atoms with Gasteiger partial charge in [0.2, 0.25) is 0 Å². The van der Waals surface area contributed by atoms with E-state index in [1.165, 1.54) is 12.8 Å². The highest BCUT2D eigenvalue weighted by atomic mass is 16.4. The Bertz CT molecular complexity index is 563. The van der Waals surface area contributed by atoms with Gasteiger partial charge >= 0.3 is 5.97 Å². The Hall–Kier alpha value is -1.85. The van der Waals surface area contributed by atoms with Gasteiger partial charge in [-0.2, -0.15) is 5.10 Å². The molecule has 1 N–H and O–H groups in total. The maximum absolute atomic E-state index is 12.6. The first-order valence-corrected chi connectivity index (χ1v) is 8.69. The number of carbonyl (C=O) groups excluding carboxylic acids is 1. The highest BCUT2D eigenvalue weighted by Gasteiger charge is 2.27. The molecule has 0 radical (unpaired) electrons. The van der Waals surface area contributed by atoms with Crippen molar-refractivity contribution < 1.29 is 14.7 Å². The van der Waals surface area contributed by atoms with Crippen LogP contribution in [0.3, 0.4) is 0 Å². The number of hydrogen-bond acceptors (Lipinski definition) is 3. The molecule has 1 aliphatic heterocycles. The first kappa shape index (κ1) is 16.0. The third-order valence-corrected chi connectivity index (χ3v) is 5.10. The molecule has 1 aliphatic carbocycles. The smallest absolute Gasteiger partial charge is 0.303 e. The average molecular weight is 319 g/mol. The summed E-state index contributed by atoms with van der Waals surface area (Å²) >= 11 is 0. The molecule has 1 aromatic rings. The Morgan fingerprint density at radius 2 is 2.00 bits per heavy atom. The van der Waals surface area contributed by atoms with Crippen LogP contribution in [0.15, 0.2) is 12.3 Å². The molecule has 1 amide bonds. The van der Waals surface area contributed by atoms with Gasteiger partial charge in [0.15, 0.2) is 0 Å². The van der Waals surface area contributed by atoms with E-state index in [0.29, 0.717) is 30.6 Å². The molecular weight excluding hydrogens is 294 g/mol. The van der Waals surface area contributed by atoms with Crippen molar-refractivity contribution in [3.63, 3.8) is 0 Å². The summed E-state index contributed by atoms with van der Waals surface area (Å²) in [5.74, 6) is -0.480. The van der Waals surface area contributed by atoms with Crippen LogP contribution in [0.2, 0.25) is 0 Å². The topological polar surface area (TPSA) is 75.4 Å². The van der Waals surface area contributed by atoms with Gasteiger partial charge in [0.25, 0.3) is 5.91 Å². The van der Waals surface area contributed by atoms with Gasteiger partial charge < -0.3 is 10.0 Å². The summed E-state index contributed by atoms with van der Waals surface area (Å²) in [7, 11) is 0. The molecule has 6 heteroatoms. The molecule has 2 heterocycles. The highest BCUT2D eigenvalue weighted by Crippen LogP contribution is 2.29. The van der Waals surface area contributed by atoms with Gasteiger partial charge in [-0.15, -0.1) is 0 Å². The second kappa shape index (κ2) is 7.15. The summed E-state index contributed by atoms with van der Waals surface area (Å²) in [6, 6.07) is 2.27. The van der Waals surface area contributed by atoms with Crippen LogP contribution >= 0.6 is 0 Å². The van der Waals surface area contributed by atoms with Gasteiger partial charge in [-0.25, -0.2) is 0 Å². The van der Waals surface area contributed by atoms with Crippen LogP contribution < -0.4 is 0 Å². The van der Waals surface area contributed by atoms with Gasteiger partial charge in [-0.1, -0.05) is 12.8 Å². The molecule has 1 saturated heterocycles. The van der Waals surface area contributed by atoms with E-state index in [9.17, 15) is 9.59 Å². The minimum absolute atomic E-state index is 0.0122. The number of amides is 1. The SMILES string of the molecule is O=C(O)CC[C@@H]1CCCN(C(=O)c2ccn(C3CCCC3)n2)C1.